The van der Waals surface area contributed by atoms with Crippen LogP contribution in [0.25, 0.3) is 0 Å². The molecule has 4 heteroatoms. The lowest BCUT2D eigenvalue weighted by Crippen LogP contribution is -2.71. The van der Waals surface area contributed by atoms with Crippen LogP contribution >= 0.6 is 0 Å². The fourth-order valence-corrected chi connectivity index (χ4v) is 3.66. The highest BCUT2D eigenvalue weighted by atomic mass is 16.6. The maximum atomic E-state index is 11.9. The standard InChI is InChI=1S/C17H32N2O2/c1-5-6-7-11-18-13-12-14(17(13)9-8-10-17)19-15(20)21-16(2,3)4/h13-14,18H,5-12H2,1-4H3,(H,19,20). The number of nitrogens with one attached hydrogen (secondary N) is 2. The number of carbonyl (C=O) groups is 1. The van der Waals surface area contributed by atoms with E-state index in [1.54, 1.807) is 0 Å². The molecule has 1 spiro atoms. The predicted octanol–water partition coefficient (Wildman–Crippen LogP) is 3.60. The Balaban J connectivity index is 1.77. The first-order valence-corrected chi connectivity index (χ1v) is 8.60. The van der Waals surface area contributed by atoms with Gasteiger partial charge in [0.2, 0.25) is 0 Å². The Morgan fingerprint density at radius 3 is 2.48 bits per heavy atom. The van der Waals surface area contributed by atoms with Gasteiger partial charge in [0.1, 0.15) is 5.60 Å². The third-order valence-electron chi connectivity index (χ3n) is 5.01. The van der Waals surface area contributed by atoms with Gasteiger partial charge in [-0.1, -0.05) is 26.2 Å². The van der Waals surface area contributed by atoms with Gasteiger partial charge in [0.15, 0.2) is 0 Å². The van der Waals surface area contributed by atoms with Crippen molar-refractivity contribution in [3.63, 3.8) is 0 Å². The molecule has 1 amide bonds. The average Bonchev–Trinajstić information content (AvgIpc) is 2.27. The molecule has 2 aliphatic carbocycles. The van der Waals surface area contributed by atoms with Gasteiger partial charge in [-0.25, -0.2) is 4.79 Å². The molecule has 2 aliphatic rings. The summed E-state index contributed by atoms with van der Waals surface area (Å²) < 4.78 is 5.38. The number of alkyl carbamates (subject to hydrolysis) is 1. The van der Waals surface area contributed by atoms with E-state index in [1.165, 1.54) is 38.5 Å². The monoisotopic (exact) mass is 296 g/mol. The summed E-state index contributed by atoms with van der Waals surface area (Å²) in [5, 5.41) is 6.80. The number of hydrogen-bond acceptors (Lipinski definition) is 3. The van der Waals surface area contributed by atoms with Crippen LogP contribution in [0.2, 0.25) is 0 Å². The van der Waals surface area contributed by atoms with Crippen molar-refractivity contribution in [3.05, 3.63) is 0 Å². The topological polar surface area (TPSA) is 50.4 Å². The Labute approximate surface area is 129 Å². The molecule has 0 bridgehead atoms. The summed E-state index contributed by atoms with van der Waals surface area (Å²) in [6.07, 6.45) is 8.37. The molecule has 2 saturated carbocycles. The number of unbranched alkanes of at least 4 members (excludes halogenated alkanes) is 2. The predicted molar refractivity (Wildman–Crippen MR) is 85.4 cm³/mol. The fourth-order valence-electron chi connectivity index (χ4n) is 3.66. The van der Waals surface area contributed by atoms with Gasteiger partial charge in [0, 0.05) is 17.5 Å². The summed E-state index contributed by atoms with van der Waals surface area (Å²) in [6.45, 7) is 9.07. The van der Waals surface area contributed by atoms with Crippen LogP contribution < -0.4 is 10.6 Å². The highest BCUT2D eigenvalue weighted by molar-refractivity contribution is 5.68. The second-order valence-electron chi connectivity index (χ2n) is 7.74. The molecule has 2 rings (SSSR count). The lowest BCUT2D eigenvalue weighted by Gasteiger charge is -2.61. The third-order valence-corrected chi connectivity index (χ3v) is 5.01. The molecule has 0 radical (unpaired) electrons. The van der Waals surface area contributed by atoms with Gasteiger partial charge in [-0.3, -0.25) is 0 Å². The molecule has 21 heavy (non-hydrogen) atoms. The van der Waals surface area contributed by atoms with E-state index in [-0.39, 0.29) is 6.09 Å². The molecule has 0 aromatic carbocycles. The summed E-state index contributed by atoms with van der Waals surface area (Å²) in [4.78, 5) is 11.9. The largest absolute Gasteiger partial charge is 0.444 e. The SMILES string of the molecule is CCCCCNC1CC(NC(=O)OC(C)(C)C)C12CCC2. The second-order valence-corrected chi connectivity index (χ2v) is 7.74. The van der Waals surface area contributed by atoms with Crippen molar-refractivity contribution in [2.24, 2.45) is 5.41 Å². The Bertz CT molecular complexity index is 358. The summed E-state index contributed by atoms with van der Waals surface area (Å²) in [7, 11) is 0. The molecule has 0 saturated heterocycles. The zero-order valence-electron chi connectivity index (χ0n) is 14.1. The van der Waals surface area contributed by atoms with E-state index in [0.29, 0.717) is 17.5 Å². The third kappa shape index (κ3) is 3.91. The Kier molecular flexibility index (Phi) is 5.18. The van der Waals surface area contributed by atoms with Gasteiger partial charge in [-0.2, -0.15) is 0 Å². The minimum atomic E-state index is -0.418. The van der Waals surface area contributed by atoms with Crippen molar-refractivity contribution >= 4 is 6.09 Å². The zero-order valence-corrected chi connectivity index (χ0v) is 14.1. The van der Waals surface area contributed by atoms with Crippen LogP contribution in [0, 0.1) is 5.41 Å². The van der Waals surface area contributed by atoms with Crippen molar-refractivity contribution in [2.45, 2.75) is 90.3 Å². The molecular formula is C17H32N2O2. The number of rotatable bonds is 6. The molecule has 2 unspecified atom stereocenters. The minimum absolute atomic E-state index is 0.261. The smallest absolute Gasteiger partial charge is 0.407 e. The van der Waals surface area contributed by atoms with Gasteiger partial charge in [-0.05, 0) is 53.0 Å². The van der Waals surface area contributed by atoms with E-state index < -0.39 is 5.60 Å². The van der Waals surface area contributed by atoms with E-state index in [4.69, 9.17) is 4.74 Å². The molecule has 4 nitrogen and oxygen atoms in total. The first-order valence-electron chi connectivity index (χ1n) is 8.60. The van der Waals surface area contributed by atoms with Gasteiger partial charge in [0.05, 0.1) is 0 Å². The summed E-state index contributed by atoms with van der Waals surface area (Å²) in [6, 6.07) is 0.882. The van der Waals surface area contributed by atoms with E-state index in [0.717, 1.165) is 13.0 Å². The molecule has 0 heterocycles. The van der Waals surface area contributed by atoms with E-state index >= 15 is 0 Å². The number of hydrogen-bond donors (Lipinski definition) is 2. The first-order chi connectivity index (χ1) is 9.87. The second kappa shape index (κ2) is 6.55. The lowest BCUT2D eigenvalue weighted by atomic mass is 9.50. The summed E-state index contributed by atoms with van der Waals surface area (Å²) >= 11 is 0. The van der Waals surface area contributed by atoms with Crippen LogP contribution in [0.3, 0.4) is 0 Å². The molecular weight excluding hydrogens is 264 g/mol. The Morgan fingerprint density at radius 2 is 1.95 bits per heavy atom. The van der Waals surface area contributed by atoms with E-state index in [2.05, 4.69) is 17.6 Å². The van der Waals surface area contributed by atoms with Crippen molar-refractivity contribution in [3.8, 4) is 0 Å². The molecule has 0 aromatic heterocycles. The molecule has 0 aromatic rings. The maximum absolute atomic E-state index is 11.9. The van der Waals surface area contributed by atoms with Crippen molar-refractivity contribution in [1.82, 2.24) is 10.6 Å². The molecule has 2 atom stereocenters. The Morgan fingerprint density at radius 1 is 1.24 bits per heavy atom. The highest BCUT2D eigenvalue weighted by Gasteiger charge is 2.58. The number of carbonyl (C=O) groups excluding carboxylic acids is 1. The molecule has 122 valence electrons. The normalized spacial score (nSPS) is 26.9. The summed E-state index contributed by atoms with van der Waals surface area (Å²) in [5.74, 6) is 0. The quantitative estimate of drug-likeness (QED) is 0.736. The lowest BCUT2D eigenvalue weighted by molar-refractivity contribution is -0.0612. The number of amides is 1. The van der Waals surface area contributed by atoms with E-state index in [1.807, 2.05) is 20.8 Å². The van der Waals surface area contributed by atoms with Gasteiger partial charge in [-0.15, -0.1) is 0 Å². The Hall–Kier alpha value is -0.770. The molecule has 2 fully saturated rings. The molecule has 2 N–H and O–H groups in total. The van der Waals surface area contributed by atoms with Gasteiger partial charge in [0.25, 0.3) is 0 Å². The highest BCUT2D eigenvalue weighted by Crippen LogP contribution is 2.56. The van der Waals surface area contributed by atoms with Crippen molar-refractivity contribution in [2.75, 3.05) is 6.54 Å². The minimum Gasteiger partial charge on any atom is -0.444 e. The van der Waals surface area contributed by atoms with Crippen LogP contribution in [-0.2, 0) is 4.74 Å². The zero-order chi connectivity index (χ0) is 15.5. The van der Waals surface area contributed by atoms with Crippen LogP contribution in [0.4, 0.5) is 4.79 Å². The van der Waals surface area contributed by atoms with Crippen LogP contribution in [0.15, 0.2) is 0 Å². The van der Waals surface area contributed by atoms with Crippen LogP contribution in [-0.4, -0.2) is 30.3 Å². The van der Waals surface area contributed by atoms with Crippen LogP contribution in [0.1, 0.15) is 72.6 Å². The molecule has 0 aliphatic heterocycles. The number of ether oxygens (including phenoxy) is 1. The van der Waals surface area contributed by atoms with Crippen molar-refractivity contribution < 1.29 is 9.53 Å². The van der Waals surface area contributed by atoms with E-state index in [9.17, 15) is 4.79 Å². The average molecular weight is 296 g/mol. The fraction of sp³-hybridized carbons (Fsp3) is 0.941. The summed E-state index contributed by atoms with van der Waals surface area (Å²) in [5.41, 5.74) is -0.110. The maximum Gasteiger partial charge on any atom is 0.407 e. The van der Waals surface area contributed by atoms with Crippen LogP contribution in [0.5, 0.6) is 0 Å². The van der Waals surface area contributed by atoms with Gasteiger partial charge < -0.3 is 15.4 Å². The van der Waals surface area contributed by atoms with Crippen molar-refractivity contribution in [1.29, 1.82) is 0 Å². The first kappa shape index (κ1) is 16.6. The van der Waals surface area contributed by atoms with Gasteiger partial charge >= 0.3 is 6.09 Å².